The predicted octanol–water partition coefficient (Wildman–Crippen LogP) is 1.14. The van der Waals surface area contributed by atoms with Crippen molar-refractivity contribution in [2.45, 2.75) is 27.3 Å². The number of amides is 1. The largest absolute Gasteiger partial charge is 0.354 e. The summed E-state index contributed by atoms with van der Waals surface area (Å²) in [6.45, 7) is 7.29. The molecule has 0 fully saturated rings. The fourth-order valence-electron chi connectivity index (χ4n) is 1.26. The van der Waals surface area contributed by atoms with Crippen molar-refractivity contribution in [1.82, 2.24) is 14.9 Å². The van der Waals surface area contributed by atoms with Gasteiger partial charge in [-0.15, -0.1) is 24.8 Å². The van der Waals surface area contributed by atoms with Crippen molar-refractivity contribution >= 4 is 30.7 Å². The van der Waals surface area contributed by atoms with Crippen LogP contribution in [0.5, 0.6) is 0 Å². The molecule has 1 aromatic rings. The van der Waals surface area contributed by atoms with Crippen LogP contribution in [0.2, 0.25) is 0 Å². The first-order valence-corrected chi connectivity index (χ1v) is 5.43. The van der Waals surface area contributed by atoms with E-state index in [0.717, 1.165) is 12.4 Å². The second kappa shape index (κ2) is 8.34. The van der Waals surface area contributed by atoms with Gasteiger partial charge in [-0.3, -0.25) is 4.79 Å². The summed E-state index contributed by atoms with van der Waals surface area (Å²) in [5.74, 6) is 0.945. The van der Waals surface area contributed by atoms with Crippen LogP contribution < -0.4 is 11.1 Å². The third-order valence-electron chi connectivity index (χ3n) is 2.69. The number of halogens is 2. The van der Waals surface area contributed by atoms with Crippen LogP contribution in [0.4, 0.5) is 0 Å². The normalized spacial score (nSPS) is 10.2. The summed E-state index contributed by atoms with van der Waals surface area (Å²) in [5, 5.41) is 2.87. The first-order chi connectivity index (χ1) is 7.47. The highest BCUT2D eigenvalue weighted by atomic mass is 35.5. The van der Waals surface area contributed by atoms with E-state index in [9.17, 15) is 4.79 Å². The minimum absolute atomic E-state index is 0. The Bertz CT molecular complexity index is 366. The number of hydrogen-bond donors (Lipinski definition) is 2. The number of nitrogens with one attached hydrogen (secondary N) is 1. The molecule has 0 bridgehead atoms. The molecule has 5 nitrogen and oxygen atoms in total. The van der Waals surface area contributed by atoms with E-state index in [1.165, 1.54) is 0 Å². The molecule has 106 valence electrons. The zero-order valence-corrected chi connectivity index (χ0v) is 12.6. The highest BCUT2D eigenvalue weighted by Gasteiger charge is 2.24. The Balaban J connectivity index is 0. The van der Waals surface area contributed by atoms with Crippen molar-refractivity contribution in [2.24, 2.45) is 11.1 Å². The van der Waals surface area contributed by atoms with Gasteiger partial charge in [-0.1, -0.05) is 0 Å². The Kier molecular flexibility index (Phi) is 9.07. The van der Waals surface area contributed by atoms with E-state index in [4.69, 9.17) is 5.73 Å². The highest BCUT2D eigenvalue weighted by molar-refractivity contribution is 5.85. The number of aromatic nitrogens is 2. The number of aryl methyl sites for hydroxylation is 1. The van der Waals surface area contributed by atoms with Crippen molar-refractivity contribution in [1.29, 1.82) is 0 Å². The summed E-state index contributed by atoms with van der Waals surface area (Å²) in [7, 11) is 0. The van der Waals surface area contributed by atoms with Gasteiger partial charge in [-0.25, -0.2) is 4.98 Å². The molecule has 18 heavy (non-hydrogen) atoms. The molecule has 0 radical (unpaired) electrons. The first kappa shape index (κ1) is 19.6. The Hall–Kier alpha value is -0.780. The van der Waals surface area contributed by atoms with Crippen molar-refractivity contribution in [2.75, 3.05) is 13.1 Å². The molecule has 0 unspecified atom stereocenters. The second-order valence-corrected chi connectivity index (χ2v) is 4.51. The fourth-order valence-corrected chi connectivity index (χ4v) is 1.26. The second-order valence-electron chi connectivity index (χ2n) is 4.51. The number of nitrogens with two attached hydrogens (primary N) is 1. The summed E-state index contributed by atoms with van der Waals surface area (Å²) in [6.07, 6.45) is 3.65. The summed E-state index contributed by atoms with van der Waals surface area (Å²) >= 11 is 0. The maximum absolute atomic E-state index is 11.7. The molecule has 1 amide bonds. The molecule has 1 aromatic heterocycles. The van der Waals surface area contributed by atoms with Gasteiger partial charge in [0, 0.05) is 32.0 Å². The molecular weight excluding hydrogens is 275 g/mol. The standard InChI is InChI=1S/C11H20N4O.2ClH/c1-9-13-4-6-15(9)7-5-14-10(16)11(2,3)8-12;;/h4,6H,5,7-8,12H2,1-3H3,(H,14,16);2*1H. The monoisotopic (exact) mass is 296 g/mol. The van der Waals surface area contributed by atoms with Crippen molar-refractivity contribution in [3.05, 3.63) is 18.2 Å². The smallest absolute Gasteiger partial charge is 0.226 e. The molecule has 0 aliphatic carbocycles. The number of imidazole rings is 1. The lowest BCUT2D eigenvalue weighted by Crippen LogP contribution is -2.42. The van der Waals surface area contributed by atoms with Crippen LogP contribution in [0, 0.1) is 12.3 Å². The van der Waals surface area contributed by atoms with Gasteiger partial charge >= 0.3 is 0 Å². The average Bonchev–Trinajstić information content (AvgIpc) is 2.64. The zero-order chi connectivity index (χ0) is 12.2. The zero-order valence-electron chi connectivity index (χ0n) is 11.0. The molecule has 0 aliphatic heterocycles. The maximum Gasteiger partial charge on any atom is 0.226 e. The number of rotatable bonds is 5. The average molecular weight is 297 g/mol. The summed E-state index contributed by atoms with van der Waals surface area (Å²) in [6, 6.07) is 0. The Morgan fingerprint density at radius 1 is 1.50 bits per heavy atom. The van der Waals surface area contributed by atoms with Gasteiger partial charge in [0.05, 0.1) is 5.41 Å². The molecule has 1 heterocycles. The third-order valence-corrected chi connectivity index (χ3v) is 2.69. The molecule has 0 saturated heterocycles. The van der Waals surface area contributed by atoms with E-state index in [1.807, 2.05) is 31.5 Å². The van der Waals surface area contributed by atoms with Gasteiger partial charge < -0.3 is 15.6 Å². The van der Waals surface area contributed by atoms with Gasteiger partial charge in [0.15, 0.2) is 0 Å². The number of hydrogen-bond acceptors (Lipinski definition) is 3. The molecule has 0 spiro atoms. The Labute approximate surface area is 120 Å². The van der Waals surface area contributed by atoms with E-state index in [-0.39, 0.29) is 30.7 Å². The van der Waals surface area contributed by atoms with Crippen molar-refractivity contribution in [3.8, 4) is 0 Å². The quantitative estimate of drug-likeness (QED) is 0.856. The highest BCUT2D eigenvalue weighted by Crippen LogP contribution is 2.11. The van der Waals surface area contributed by atoms with E-state index in [2.05, 4.69) is 10.3 Å². The molecule has 0 aliphatic rings. The molecule has 0 saturated carbocycles. The van der Waals surface area contributed by atoms with Gasteiger partial charge in [-0.05, 0) is 20.8 Å². The predicted molar refractivity (Wildman–Crippen MR) is 77.3 cm³/mol. The molecule has 0 atom stereocenters. The van der Waals surface area contributed by atoms with Gasteiger partial charge in [-0.2, -0.15) is 0 Å². The van der Waals surface area contributed by atoms with Crippen LogP contribution in [0.1, 0.15) is 19.7 Å². The van der Waals surface area contributed by atoms with Crippen LogP contribution in [0.15, 0.2) is 12.4 Å². The Morgan fingerprint density at radius 2 is 2.11 bits per heavy atom. The maximum atomic E-state index is 11.7. The van der Waals surface area contributed by atoms with E-state index in [0.29, 0.717) is 13.1 Å². The first-order valence-electron chi connectivity index (χ1n) is 5.43. The molecule has 7 heteroatoms. The lowest BCUT2D eigenvalue weighted by molar-refractivity contribution is -0.128. The molecule has 0 aromatic carbocycles. The summed E-state index contributed by atoms with van der Waals surface area (Å²) in [5.41, 5.74) is 5.03. The SMILES string of the molecule is Cc1nccn1CCNC(=O)C(C)(C)CN.Cl.Cl. The van der Waals surface area contributed by atoms with Crippen molar-refractivity contribution in [3.63, 3.8) is 0 Å². The van der Waals surface area contributed by atoms with Gasteiger partial charge in [0.25, 0.3) is 0 Å². The van der Waals surface area contributed by atoms with Crippen molar-refractivity contribution < 1.29 is 4.79 Å². The lowest BCUT2D eigenvalue weighted by Gasteiger charge is -2.21. The Morgan fingerprint density at radius 3 is 2.56 bits per heavy atom. The van der Waals surface area contributed by atoms with Crippen LogP contribution in [-0.4, -0.2) is 28.5 Å². The van der Waals surface area contributed by atoms with Crippen LogP contribution in [-0.2, 0) is 11.3 Å². The topological polar surface area (TPSA) is 72.9 Å². The van der Waals surface area contributed by atoms with Crippen LogP contribution in [0.25, 0.3) is 0 Å². The minimum atomic E-state index is -0.496. The lowest BCUT2D eigenvalue weighted by atomic mass is 9.93. The molecule has 3 N–H and O–H groups in total. The summed E-state index contributed by atoms with van der Waals surface area (Å²) < 4.78 is 2.00. The summed E-state index contributed by atoms with van der Waals surface area (Å²) in [4.78, 5) is 15.8. The van der Waals surface area contributed by atoms with Crippen LogP contribution in [0.3, 0.4) is 0 Å². The number of carbonyl (C=O) groups is 1. The van der Waals surface area contributed by atoms with Crippen LogP contribution >= 0.6 is 24.8 Å². The van der Waals surface area contributed by atoms with E-state index < -0.39 is 5.41 Å². The number of carbonyl (C=O) groups excluding carboxylic acids is 1. The van der Waals surface area contributed by atoms with Gasteiger partial charge in [0.2, 0.25) is 5.91 Å². The fraction of sp³-hybridized carbons (Fsp3) is 0.636. The molecule has 1 rings (SSSR count). The van der Waals surface area contributed by atoms with E-state index >= 15 is 0 Å². The number of nitrogens with zero attached hydrogens (tertiary/aromatic N) is 2. The van der Waals surface area contributed by atoms with E-state index in [1.54, 1.807) is 6.20 Å². The third kappa shape index (κ3) is 5.25. The minimum Gasteiger partial charge on any atom is -0.354 e. The molecular formula is C11H22Cl2N4O. The van der Waals surface area contributed by atoms with Gasteiger partial charge in [0.1, 0.15) is 5.82 Å².